The Morgan fingerprint density at radius 2 is 2.27 bits per heavy atom. The summed E-state index contributed by atoms with van der Waals surface area (Å²) in [5, 5.41) is 11.4. The van der Waals surface area contributed by atoms with E-state index in [1.54, 1.807) is 6.08 Å². The second-order valence-corrected chi connectivity index (χ2v) is 2.15. The highest BCUT2D eigenvalue weighted by Crippen LogP contribution is 1.94. The van der Waals surface area contributed by atoms with E-state index in [2.05, 4.69) is 18.5 Å². The molecule has 0 rings (SSSR count). The number of hydrogen-bond donors (Lipinski definition) is 2. The third-order valence-electron chi connectivity index (χ3n) is 1.19. The first-order valence-electron chi connectivity index (χ1n) is 3.41. The van der Waals surface area contributed by atoms with E-state index in [9.17, 15) is 4.79 Å². The summed E-state index contributed by atoms with van der Waals surface area (Å²) >= 11 is 0. The zero-order valence-corrected chi connectivity index (χ0v) is 6.47. The van der Waals surface area contributed by atoms with Crippen LogP contribution in [0, 0.1) is 0 Å². The van der Waals surface area contributed by atoms with Crippen molar-refractivity contribution in [2.24, 2.45) is 0 Å². The Labute approximate surface area is 66.4 Å². The Balaban J connectivity index is 3.31. The van der Waals surface area contributed by atoms with Crippen LogP contribution < -0.4 is 5.32 Å². The average Bonchev–Trinajstić information content (AvgIpc) is 1.97. The summed E-state index contributed by atoms with van der Waals surface area (Å²) in [7, 11) is 0. The molecule has 0 radical (unpaired) electrons. The van der Waals surface area contributed by atoms with Crippen molar-refractivity contribution in [2.75, 3.05) is 13.1 Å². The van der Waals surface area contributed by atoms with Crippen LogP contribution in [0.15, 0.2) is 24.8 Å². The number of nitrogens with one attached hydrogen (secondary N) is 1. The van der Waals surface area contributed by atoms with Crippen molar-refractivity contribution in [1.82, 2.24) is 5.32 Å². The lowest BCUT2D eigenvalue weighted by Crippen LogP contribution is -2.16. The molecule has 0 saturated heterocycles. The predicted molar refractivity (Wildman–Crippen MR) is 44.5 cm³/mol. The maximum Gasteiger partial charge on any atom is 0.330 e. The largest absolute Gasteiger partial charge is 0.478 e. The van der Waals surface area contributed by atoms with E-state index in [1.807, 2.05) is 0 Å². The molecule has 0 unspecified atom stereocenters. The molecule has 3 heteroatoms. The minimum Gasteiger partial charge on any atom is -0.478 e. The molecule has 0 aliphatic rings. The van der Waals surface area contributed by atoms with Crippen molar-refractivity contribution < 1.29 is 9.90 Å². The molecule has 2 N–H and O–H groups in total. The van der Waals surface area contributed by atoms with Crippen LogP contribution in [0.1, 0.15) is 6.42 Å². The van der Waals surface area contributed by atoms with E-state index < -0.39 is 5.97 Å². The fourth-order valence-corrected chi connectivity index (χ4v) is 0.550. The van der Waals surface area contributed by atoms with Crippen LogP contribution in [0.4, 0.5) is 0 Å². The molecule has 0 amide bonds. The van der Waals surface area contributed by atoms with Gasteiger partial charge >= 0.3 is 5.97 Å². The molecule has 0 aliphatic heterocycles. The molecule has 3 nitrogen and oxygen atoms in total. The third-order valence-corrected chi connectivity index (χ3v) is 1.19. The van der Waals surface area contributed by atoms with Crippen LogP contribution in [0.2, 0.25) is 0 Å². The zero-order valence-electron chi connectivity index (χ0n) is 6.47. The van der Waals surface area contributed by atoms with Crippen molar-refractivity contribution in [3.8, 4) is 0 Å². The number of carbonyl (C=O) groups is 1. The summed E-state index contributed by atoms with van der Waals surface area (Å²) in [6.07, 6.45) is 2.20. The highest BCUT2D eigenvalue weighted by Gasteiger charge is 2.01. The number of rotatable bonds is 6. The quantitative estimate of drug-likeness (QED) is 0.339. The Kier molecular flexibility index (Phi) is 5.11. The van der Waals surface area contributed by atoms with Gasteiger partial charge in [0.25, 0.3) is 0 Å². The average molecular weight is 155 g/mol. The van der Waals surface area contributed by atoms with Gasteiger partial charge in [0.2, 0.25) is 0 Å². The van der Waals surface area contributed by atoms with Crippen LogP contribution >= 0.6 is 0 Å². The van der Waals surface area contributed by atoms with Gasteiger partial charge in [0.15, 0.2) is 0 Å². The van der Waals surface area contributed by atoms with Crippen molar-refractivity contribution in [2.45, 2.75) is 6.42 Å². The van der Waals surface area contributed by atoms with Gasteiger partial charge in [0, 0.05) is 12.1 Å². The Morgan fingerprint density at radius 3 is 2.73 bits per heavy atom. The number of hydrogen-bond acceptors (Lipinski definition) is 2. The predicted octanol–water partition coefficient (Wildman–Crippen LogP) is 0.793. The number of carboxylic acid groups (broad SMARTS) is 1. The molecule has 0 saturated carbocycles. The summed E-state index contributed by atoms with van der Waals surface area (Å²) in [6, 6.07) is 0. The van der Waals surface area contributed by atoms with Gasteiger partial charge in [-0.3, -0.25) is 0 Å². The van der Waals surface area contributed by atoms with Gasteiger partial charge in [0.05, 0.1) is 0 Å². The minimum atomic E-state index is -0.926. The van der Waals surface area contributed by atoms with Crippen LogP contribution in [-0.2, 0) is 4.79 Å². The van der Waals surface area contributed by atoms with Gasteiger partial charge < -0.3 is 10.4 Å². The van der Waals surface area contributed by atoms with E-state index in [0.29, 0.717) is 19.5 Å². The Morgan fingerprint density at radius 1 is 1.64 bits per heavy atom. The standard InChI is InChI=1S/C8H13NO2/c1-3-5-9-6-4-7(2)8(10)11/h3,9H,1-2,4-6H2,(H,10,11). The molecule has 0 aromatic carbocycles. The normalized spacial score (nSPS) is 9.09. The van der Waals surface area contributed by atoms with E-state index >= 15 is 0 Å². The first-order valence-corrected chi connectivity index (χ1v) is 3.41. The molecule has 0 spiro atoms. The van der Waals surface area contributed by atoms with Crippen LogP contribution in [-0.4, -0.2) is 24.2 Å². The van der Waals surface area contributed by atoms with Gasteiger partial charge in [0.1, 0.15) is 0 Å². The molecule has 0 aromatic heterocycles. The van der Waals surface area contributed by atoms with Gasteiger partial charge in [-0.1, -0.05) is 12.7 Å². The summed E-state index contributed by atoms with van der Waals surface area (Å²) < 4.78 is 0. The second kappa shape index (κ2) is 5.68. The smallest absolute Gasteiger partial charge is 0.330 e. The van der Waals surface area contributed by atoms with Crippen LogP contribution in [0.25, 0.3) is 0 Å². The molecule has 0 bridgehead atoms. The van der Waals surface area contributed by atoms with Crippen molar-refractivity contribution in [1.29, 1.82) is 0 Å². The van der Waals surface area contributed by atoms with Crippen LogP contribution in [0.3, 0.4) is 0 Å². The summed E-state index contributed by atoms with van der Waals surface area (Å²) in [5.41, 5.74) is 0.238. The summed E-state index contributed by atoms with van der Waals surface area (Å²) in [4.78, 5) is 10.2. The second-order valence-electron chi connectivity index (χ2n) is 2.15. The maximum atomic E-state index is 10.2. The lowest BCUT2D eigenvalue weighted by Gasteiger charge is -2.00. The van der Waals surface area contributed by atoms with E-state index in [0.717, 1.165) is 0 Å². The van der Waals surface area contributed by atoms with E-state index in [4.69, 9.17) is 5.11 Å². The van der Waals surface area contributed by atoms with E-state index in [-0.39, 0.29) is 5.57 Å². The Hall–Kier alpha value is -1.09. The van der Waals surface area contributed by atoms with E-state index in [1.165, 1.54) is 0 Å². The molecule has 0 aliphatic carbocycles. The van der Waals surface area contributed by atoms with Crippen LogP contribution in [0.5, 0.6) is 0 Å². The molecule has 0 fully saturated rings. The first-order chi connectivity index (χ1) is 5.18. The Bertz CT molecular complexity index is 163. The molecule has 11 heavy (non-hydrogen) atoms. The maximum absolute atomic E-state index is 10.2. The SMILES string of the molecule is C=CCNCCC(=C)C(=O)O. The minimum absolute atomic E-state index is 0.238. The van der Waals surface area contributed by atoms with Gasteiger partial charge in [-0.25, -0.2) is 4.79 Å². The molecule has 0 aromatic rings. The van der Waals surface area contributed by atoms with Crippen molar-refractivity contribution in [3.63, 3.8) is 0 Å². The molecular weight excluding hydrogens is 142 g/mol. The number of carboxylic acids is 1. The highest BCUT2D eigenvalue weighted by molar-refractivity contribution is 5.85. The summed E-state index contributed by atoms with van der Waals surface area (Å²) in [5.74, 6) is -0.926. The summed E-state index contributed by atoms with van der Waals surface area (Å²) in [6.45, 7) is 8.24. The third kappa shape index (κ3) is 5.36. The lowest BCUT2D eigenvalue weighted by molar-refractivity contribution is -0.132. The van der Waals surface area contributed by atoms with Gasteiger partial charge in [-0.2, -0.15) is 0 Å². The fraction of sp³-hybridized carbons (Fsp3) is 0.375. The molecule has 0 heterocycles. The first kappa shape index (κ1) is 9.91. The zero-order chi connectivity index (χ0) is 8.69. The van der Waals surface area contributed by atoms with Crippen molar-refractivity contribution >= 4 is 5.97 Å². The topological polar surface area (TPSA) is 49.3 Å². The monoisotopic (exact) mass is 155 g/mol. The van der Waals surface area contributed by atoms with Gasteiger partial charge in [-0.15, -0.1) is 6.58 Å². The van der Waals surface area contributed by atoms with Crippen molar-refractivity contribution in [3.05, 3.63) is 24.8 Å². The number of aliphatic carboxylic acids is 1. The molecule has 62 valence electrons. The molecular formula is C8H13NO2. The fourth-order valence-electron chi connectivity index (χ4n) is 0.550. The lowest BCUT2D eigenvalue weighted by atomic mass is 10.2. The van der Waals surface area contributed by atoms with Gasteiger partial charge in [-0.05, 0) is 13.0 Å². The highest BCUT2D eigenvalue weighted by atomic mass is 16.4. The molecule has 0 atom stereocenters.